The van der Waals surface area contributed by atoms with Crippen molar-refractivity contribution in [3.63, 3.8) is 0 Å². The maximum Gasteiger partial charge on any atom is 0.194 e. The zero-order chi connectivity index (χ0) is 17.5. The summed E-state index contributed by atoms with van der Waals surface area (Å²) in [6, 6.07) is 2.42. The number of guanidine groups is 1. The molecule has 1 saturated heterocycles. The molecule has 1 N–H and O–H groups in total. The molecule has 2 aliphatic rings. The van der Waals surface area contributed by atoms with Crippen molar-refractivity contribution in [3.05, 3.63) is 23.0 Å². The summed E-state index contributed by atoms with van der Waals surface area (Å²) in [6.45, 7) is 9.07. The Labute approximate surface area is 150 Å². The molecule has 0 aromatic carbocycles. The van der Waals surface area contributed by atoms with Gasteiger partial charge in [-0.2, -0.15) is 0 Å². The number of nitrogens with zero attached hydrogens (tertiary/aromatic N) is 3. The van der Waals surface area contributed by atoms with Gasteiger partial charge in [0.1, 0.15) is 0 Å². The van der Waals surface area contributed by atoms with E-state index in [0.717, 1.165) is 37.1 Å². The second kappa shape index (κ2) is 6.60. The quantitative estimate of drug-likeness (QED) is 0.669. The molecule has 6 heteroatoms. The molecule has 0 radical (unpaired) electrons. The van der Waals surface area contributed by atoms with Crippen LogP contribution in [0.5, 0.6) is 0 Å². The van der Waals surface area contributed by atoms with Crippen LogP contribution in [0.2, 0.25) is 5.02 Å². The molecule has 1 aromatic heterocycles. The van der Waals surface area contributed by atoms with Crippen molar-refractivity contribution in [2.24, 2.45) is 23.4 Å². The second-order valence-electron chi connectivity index (χ2n) is 7.60. The SMILES string of the molecule is CCN=C(NC1C2CCOC2C1(C)C)N(C)Cc1cc(Cl)cn1C. The summed E-state index contributed by atoms with van der Waals surface area (Å²) in [6.07, 6.45) is 3.46. The first-order valence-corrected chi connectivity index (χ1v) is 9.16. The molecule has 3 unspecified atom stereocenters. The third-order valence-electron chi connectivity index (χ3n) is 5.53. The molecule has 2 heterocycles. The van der Waals surface area contributed by atoms with Crippen LogP contribution in [-0.4, -0.2) is 47.8 Å². The minimum absolute atomic E-state index is 0.144. The molecule has 2 fully saturated rings. The fourth-order valence-electron chi connectivity index (χ4n) is 4.22. The summed E-state index contributed by atoms with van der Waals surface area (Å²) in [5.41, 5.74) is 1.31. The van der Waals surface area contributed by atoms with E-state index >= 15 is 0 Å². The van der Waals surface area contributed by atoms with E-state index in [1.165, 1.54) is 5.69 Å². The lowest BCUT2D eigenvalue weighted by atomic mass is 9.57. The van der Waals surface area contributed by atoms with E-state index in [-0.39, 0.29) is 5.41 Å². The zero-order valence-electron chi connectivity index (χ0n) is 15.3. The van der Waals surface area contributed by atoms with Gasteiger partial charge in [0, 0.05) is 56.5 Å². The van der Waals surface area contributed by atoms with Crippen LogP contribution >= 0.6 is 11.6 Å². The smallest absolute Gasteiger partial charge is 0.194 e. The first-order chi connectivity index (χ1) is 11.3. The van der Waals surface area contributed by atoms with Crippen LogP contribution < -0.4 is 5.32 Å². The van der Waals surface area contributed by atoms with Crippen molar-refractivity contribution in [1.82, 2.24) is 14.8 Å². The summed E-state index contributed by atoms with van der Waals surface area (Å²) in [5, 5.41) is 4.49. The fraction of sp³-hybridized carbons (Fsp3) is 0.722. The molecular formula is C18H29ClN4O. The van der Waals surface area contributed by atoms with Crippen molar-refractivity contribution in [1.29, 1.82) is 0 Å². The van der Waals surface area contributed by atoms with Gasteiger partial charge in [-0.3, -0.25) is 4.99 Å². The molecule has 1 saturated carbocycles. The highest BCUT2D eigenvalue weighted by atomic mass is 35.5. The number of aliphatic imine (C=N–C) groups is 1. The Balaban J connectivity index is 1.71. The molecule has 134 valence electrons. The van der Waals surface area contributed by atoms with Gasteiger partial charge < -0.3 is 19.5 Å². The summed E-state index contributed by atoms with van der Waals surface area (Å²) >= 11 is 6.10. The van der Waals surface area contributed by atoms with Gasteiger partial charge in [0.15, 0.2) is 5.96 Å². The predicted molar refractivity (Wildman–Crippen MR) is 98.4 cm³/mol. The number of ether oxygens (including phenoxy) is 1. The summed E-state index contributed by atoms with van der Waals surface area (Å²) in [5.74, 6) is 1.55. The molecule has 1 aliphatic heterocycles. The molecule has 0 spiro atoms. The summed E-state index contributed by atoms with van der Waals surface area (Å²) in [7, 11) is 4.10. The van der Waals surface area contributed by atoms with Crippen LogP contribution in [-0.2, 0) is 18.3 Å². The van der Waals surface area contributed by atoms with E-state index in [1.807, 2.05) is 19.3 Å². The molecular weight excluding hydrogens is 324 g/mol. The van der Waals surface area contributed by atoms with Crippen molar-refractivity contribution in [2.75, 3.05) is 20.2 Å². The number of aromatic nitrogens is 1. The lowest BCUT2D eigenvalue weighted by molar-refractivity contribution is -0.107. The highest BCUT2D eigenvalue weighted by Crippen LogP contribution is 2.52. The largest absolute Gasteiger partial charge is 0.377 e. The normalized spacial score (nSPS) is 28.4. The Hall–Kier alpha value is -1.20. The van der Waals surface area contributed by atoms with E-state index in [1.54, 1.807) is 0 Å². The van der Waals surface area contributed by atoms with E-state index in [0.29, 0.717) is 18.1 Å². The van der Waals surface area contributed by atoms with E-state index < -0.39 is 0 Å². The number of halogens is 1. The van der Waals surface area contributed by atoms with Crippen molar-refractivity contribution < 1.29 is 4.74 Å². The van der Waals surface area contributed by atoms with E-state index in [2.05, 4.69) is 42.6 Å². The molecule has 1 aromatic rings. The summed E-state index contributed by atoms with van der Waals surface area (Å²) in [4.78, 5) is 6.88. The number of hydrogen-bond acceptors (Lipinski definition) is 2. The van der Waals surface area contributed by atoms with Crippen LogP contribution in [0.15, 0.2) is 17.3 Å². The number of hydrogen-bond donors (Lipinski definition) is 1. The van der Waals surface area contributed by atoms with Crippen molar-refractivity contribution >= 4 is 17.6 Å². The first-order valence-electron chi connectivity index (χ1n) is 8.79. The lowest BCUT2D eigenvalue weighted by Crippen LogP contribution is -2.67. The van der Waals surface area contributed by atoms with Gasteiger partial charge in [-0.25, -0.2) is 0 Å². The lowest BCUT2D eigenvalue weighted by Gasteiger charge is -2.55. The maximum atomic E-state index is 6.10. The number of nitrogens with one attached hydrogen (secondary N) is 1. The Morgan fingerprint density at radius 3 is 2.92 bits per heavy atom. The average Bonchev–Trinajstić information content (AvgIpc) is 3.08. The molecule has 24 heavy (non-hydrogen) atoms. The molecule has 3 atom stereocenters. The van der Waals surface area contributed by atoms with Gasteiger partial charge in [0.2, 0.25) is 0 Å². The predicted octanol–water partition coefficient (Wildman–Crippen LogP) is 2.89. The first kappa shape index (κ1) is 17.6. The van der Waals surface area contributed by atoms with E-state index in [9.17, 15) is 0 Å². The third-order valence-corrected chi connectivity index (χ3v) is 5.73. The highest BCUT2D eigenvalue weighted by Gasteiger charge is 2.59. The number of aryl methyl sites for hydroxylation is 1. The van der Waals surface area contributed by atoms with Crippen molar-refractivity contribution in [2.45, 2.75) is 45.9 Å². The third kappa shape index (κ3) is 3.04. The van der Waals surface area contributed by atoms with Gasteiger partial charge >= 0.3 is 0 Å². The Kier molecular flexibility index (Phi) is 4.85. The molecule has 0 amide bonds. The molecule has 0 bridgehead atoms. The van der Waals surface area contributed by atoms with E-state index in [4.69, 9.17) is 21.3 Å². The van der Waals surface area contributed by atoms with Crippen LogP contribution in [0.25, 0.3) is 0 Å². The Bertz CT molecular complexity index is 625. The van der Waals surface area contributed by atoms with Gasteiger partial charge in [0.25, 0.3) is 0 Å². The van der Waals surface area contributed by atoms with Crippen LogP contribution in [0.4, 0.5) is 0 Å². The van der Waals surface area contributed by atoms with Gasteiger partial charge in [-0.15, -0.1) is 0 Å². The molecule has 3 rings (SSSR count). The Morgan fingerprint density at radius 2 is 2.29 bits per heavy atom. The number of rotatable bonds is 4. The average molecular weight is 353 g/mol. The van der Waals surface area contributed by atoms with Gasteiger partial charge in [-0.1, -0.05) is 25.4 Å². The van der Waals surface area contributed by atoms with Gasteiger partial charge in [-0.05, 0) is 19.4 Å². The minimum Gasteiger partial charge on any atom is -0.377 e. The van der Waals surface area contributed by atoms with Gasteiger partial charge in [0.05, 0.1) is 17.7 Å². The molecule has 5 nitrogen and oxygen atoms in total. The summed E-state index contributed by atoms with van der Waals surface area (Å²) < 4.78 is 7.97. The Morgan fingerprint density at radius 1 is 1.54 bits per heavy atom. The zero-order valence-corrected chi connectivity index (χ0v) is 16.1. The topological polar surface area (TPSA) is 41.8 Å². The highest BCUT2D eigenvalue weighted by molar-refractivity contribution is 6.30. The maximum absolute atomic E-state index is 6.10. The molecule has 1 aliphatic carbocycles. The van der Waals surface area contributed by atoms with Crippen LogP contribution in [0.1, 0.15) is 32.9 Å². The van der Waals surface area contributed by atoms with Crippen LogP contribution in [0.3, 0.4) is 0 Å². The van der Waals surface area contributed by atoms with Crippen LogP contribution in [0, 0.1) is 11.3 Å². The fourth-order valence-corrected chi connectivity index (χ4v) is 4.50. The second-order valence-corrected chi connectivity index (χ2v) is 8.04. The minimum atomic E-state index is 0.144. The van der Waals surface area contributed by atoms with Crippen molar-refractivity contribution in [3.8, 4) is 0 Å². The monoisotopic (exact) mass is 352 g/mol. The standard InChI is InChI=1S/C18H29ClN4O/c1-6-20-17(23(5)11-13-9-12(19)10-22(13)4)21-15-14-7-8-24-16(14)18(15,2)3/h9-10,14-16H,6-8,11H2,1-5H3,(H,20,21). The number of fused-ring (bicyclic) bond motifs is 1.